The highest BCUT2D eigenvalue weighted by Crippen LogP contribution is 2.61. The lowest BCUT2D eigenvalue weighted by Gasteiger charge is -2.39. The van der Waals surface area contributed by atoms with Crippen LogP contribution in [0, 0.1) is 0 Å². The number of hydrogen-bond acceptors (Lipinski definition) is 1. The monoisotopic (exact) mass is 658 g/mol. The highest BCUT2D eigenvalue weighted by Gasteiger charge is 2.50. The third kappa shape index (κ3) is 3.51. The standard InChI is InChI=1S/C50H30N2/c1-2-11-36-32(10-1)22-25-34-27-29-45(51-48(34)36)33-23-20-31(21-24-33)35-26-28-43-47(30-35)52-46-19-8-5-14-39(46)40-15-9-18-44(49(40)52)50(43)41-16-6-3-12-37(41)38-13-4-7-17-42(38)50/h1-30H. The van der Waals surface area contributed by atoms with Crippen molar-refractivity contribution in [3.05, 3.63) is 204 Å². The third-order valence-corrected chi connectivity index (χ3v) is 11.8. The first-order valence-corrected chi connectivity index (χ1v) is 18.1. The van der Waals surface area contributed by atoms with Gasteiger partial charge in [0.1, 0.15) is 0 Å². The van der Waals surface area contributed by atoms with E-state index in [0.717, 1.165) is 22.2 Å². The molecule has 1 spiro atoms. The van der Waals surface area contributed by atoms with E-state index in [1.54, 1.807) is 0 Å². The number of aromatic nitrogens is 2. The molecule has 0 fully saturated rings. The maximum absolute atomic E-state index is 5.17. The second kappa shape index (κ2) is 10.2. The van der Waals surface area contributed by atoms with Crippen molar-refractivity contribution in [3.63, 3.8) is 0 Å². The lowest BCUT2D eigenvalue weighted by atomic mass is 9.65. The van der Waals surface area contributed by atoms with Gasteiger partial charge in [0.15, 0.2) is 0 Å². The van der Waals surface area contributed by atoms with Crippen LogP contribution in [0.2, 0.25) is 0 Å². The summed E-state index contributed by atoms with van der Waals surface area (Å²) in [5.74, 6) is 0. The summed E-state index contributed by atoms with van der Waals surface area (Å²) in [6, 6.07) is 67.2. The molecule has 0 N–H and O–H groups in total. The first-order valence-electron chi connectivity index (χ1n) is 18.1. The van der Waals surface area contributed by atoms with Crippen LogP contribution in [-0.4, -0.2) is 9.55 Å². The molecule has 1 aliphatic carbocycles. The van der Waals surface area contributed by atoms with Gasteiger partial charge in [-0.2, -0.15) is 0 Å². The molecule has 12 rings (SSSR count). The number of hydrogen-bond donors (Lipinski definition) is 0. The van der Waals surface area contributed by atoms with Crippen LogP contribution in [0.4, 0.5) is 0 Å². The molecule has 0 saturated heterocycles. The summed E-state index contributed by atoms with van der Waals surface area (Å²) in [4.78, 5) is 5.17. The summed E-state index contributed by atoms with van der Waals surface area (Å²) in [7, 11) is 0. The van der Waals surface area contributed by atoms with Gasteiger partial charge in [-0.3, -0.25) is 0 Å². The second-order valence-corrected chi connectivity index (χ2v) is 14.3. The first kappa shape index (κ1) is 28.0. The number of nitrogens with zero attached hydrogens (tertiary/aromatic N) is 2. The maximum Gasteiger partial charge on any atom is 0.0787 e. The first-order chi connectivity index (χ1) is 25.8. The summed E-state index contributed by atoms with van der Waals surface area (Å²) in [5, 5.41) is 6.14. The fraction of sp³-hybridized carbons (Fsp3) is 0.0200. The molecule has 3 heterocycles. The zero-order valence-electron chi connectivity index (χ0n) is 28.2. The Hall–Kier alpha value is -6.77. The van der Waals surface area contributed by atoms with Crippen molar-refractivity contribution < 1.29 is 0 Å². The molecule has 0 atom stereocenters. The maximum atomic E-state index is 5.17. The molecule has 1 aliphatic heterocycles. The van der Waals surface area contributed by atoms with Gasteiger partial charge in [0.2, 0.25) is 0 Å². The van der Waals surface area contributed by atoms with Gasteiger partial charge in [0, 0.05) is 27.1 Å². The lowest BCUT2D eigenvalue weighted by Crippen LogP contribution is -2.33. The lowest BCUT2D eigenvalue weighted by molar-refractivity contribution is 0.748. The van der Waals surface area contributed by atoms with Crippen molar-refractivity contribution in [2.75, 3.05) is 0 Å². The van der Waals surface area contributed by atoms with Crippen molar-refractivity contribution in [2.45, 2.75) is 5.41 Å². The molecule has 2 heteroatoms. The Balaban J connectivity index is 1.08. The van der Waals surface area contributed by atoms with Gasteiger partial charge in [-0.15, -0.1) is 0 Å². The summed E-state index contributed by atoms with van der Waals surface area (Å²) < 4.78 is 2.53. The zero-order chi connectivity index (χ0) is 34.0. The van der Waals surface area contributed by atoms with E-state index in [9.17, 15) is 0 Å². The molecular formula is C50H30N2. The van der Waals surface area contributed by atoms with E-state index in [-0.39, 0.29) is 0 Å². The minimum absolute atomic E-state index is 0.430. The van der Waals surface area contributed by atoms with Gasteiger partial charge < -0.3 is 4.57 Å². The molecule has 2 aromatic heterocycles. The molecule has 0 amide bonds. The van der Waals surface area contributed by atoms with Crippen molar-refractivity contribution in [3.8, 4) is 39.2 Å². The van der Waals surface area contributed by atoms with E-state index in [1.807, 2.05) is 0 Å². The Labute approximate surface area is 300 Å². The van der Waals surface area contributed by atoms with Crippen LogP contribution in [0.3, 0.4) is 0 Å². The Morgan fingerprint density at radius 2 is 1.02 bits per heavy atom. The van der Waals surface area contributed by atoms with Crippen LogP contribution in [0.5, 0.6) is 0 Å². The molecule has 0 bridgehead atoms. The summed E-state index contributed by atoms with van der Waals surface area (Å²) in [5.41, 5.74) is 16.9. The van der Waals surface area contributed by atoms with Gasteiger partial charge >= 0.3 is 0 Å². The van der Waals surface area contributed by atoms with E-state index in [4.69, 9.17) is 4.98 Å². The Kier molecular flexibility index (Phi) is 5.46. The molecule has 2 aliphatic rings. The van der Waals surface area contributed by atoms with Crippen molar-refractivity contribution in [1.82, 2.24) is 9.55 Å². The number of rotatable bonds is 2. The third-order valence-electron chi connectivity index (χ3n) is 11.8. The van der Waals surface area contributed by atoms with E-state index < -0.39 is 5.41 Å². The second-order valence-electron chi connectivity index (χ2n) is 14.3. The summed E-state index contributed by atoms with van der Waals surface area (Å²) in [6.45, 7) is 0. The predicted molar refractivity (Wildman–Crippen MR) is 215 cm³/mol. The van der Waals surface area contributed by atoms with Crippen LogP contribution < -0.4 is 0 Å². The van der Waals surface area contributed by atoms with E-state index >= 15 is 0 Å². The van der Waals surface area contributed by atoms with Crippen molar-refractivity contribution in [1.29, 1.82) is 0 Å². The largest absolute Gasteiger partial charge is 0.309 e. The van der Waals surface area contributed by atoms with E-state index in [0.29, 0.717) is 0 Å². The Bertz CT molecular complexity index is 3080. The van der Waals surface area contributed by atoms with Gasteiger partial charge in [-0.1, -0.05) is 164 Å². The molecule has 0 unspecified atom stereocenters. The molecule has 0 radical (unpaired) electrons. The van der Waals surface area contributed by atoms with Gasteiger partial charge in [-0.25, -0.2) is 4.98 Å². The minimum Gasteiger partial charge on any atom is -0.309 e. The molecule has 8 aromatic carbocycles. The Morgan fingerprint density at radius 1 is 0.404 bits per heavy atom. The van der Waals surface area contributed by atoms with Crippen molar-refractivity contribution >= 4 is 43.5 Å². The molecular weight excluding hydrogens is 629 g/mol. The number of benzene rings is 8. The van der Waals surface area contributed by atoms with Crippen molar-refractivity contribution in [2.24, 2.45) is 0 Å². The van der Waals surface area contributed by atoms with Crippen LogP contribution in [0.15, 0.2) is 182 Å². The number of pyridine rings is 1. The van der Waals surface area contributed by atoms with E-state index in [2.05, 4.69) is 187 Å². The minimum atomic E-state index is -0.430. The van der Waals surface area contributed by atoms with Crippen LogP contribution in [-0.2, 0) is 5.41 Å². The molecule has 52 heavy (non-hydrogen) atoms. The van der Waals surface area contributed by atoms with Crippen LogP contribution in [0.1, 0.15) is 22.3 Å². The molecule has 10 aromatic rings. The van der Waals surface area contributed by atoms with E-state index in [1.165, 1.54) is 82.8 Å². The number of fused-ring (bicyclic) bond motifs is 15. The topological polar surface area (TPSA) is 17.8 Å². The Morgan fingerprint density at radius 3 is 1.85 bits per heavy atom. The molecule has 0 saturated carbocycles. The van der Waals surface area contributed by atoms with Gasteiger partial charge in [-0.05, 0) is 68.1 Å². The predicted octanol–water partition coefficient (Wildman–Crippen LogP) is 12.5. The molecule has 2 nitrogen and oxygen atoms in total. The van der Waals surface area contributed by atoms with Crippen LogP contribution in [0.25, 0.3) is 82.7 Å². The quantitative estimate of drug-likeness (QED) is 0.169. The number of para-hydroxylation sites is 2. The fourth-order valence-electron chi connectivity index (χ4n) is 9.60. The highest BCUT2D eigenvalue weighted by molar-refractivity contribution is 6.13. The zero-order valence-corrected chi connectivity index (χ0v) is 28.2. The average molecular weight is 659 g/mol. The SMILES string of the molecule is c1ccc2c(c1)-c1ccccc1C21c2ccc(-c3ccc(-c4ccc5ccc6ccccc6c5n4)cc3)cc2-n2c3ccccc3c3cccc1c32. The summed E-state index contributed by atoms with van der Waals surface area (Å²) >= 11 is 0. The average Bonchev–Trinajstić information content (AvgIpc) is 3.71. The normalized spacial score (nSPS) is 13.5. The van der Waals surface area contributed by atoms with Gasteiger partial charge in [0.25, 0.3) is 0 Å². The van der Waals surface area contributed by atoms with Gasteiger partial charge in [0.05, 0.1) is 33.3 Å². The summed E-state index contributed by atoms with van der Waals surface area (Å²) in [6.07, 6.45) is 0. The fourth-order valence-corrected chi connectivity index (χ4v) is 9.60. The molecule has 240 valence electrons. The van der Waals surface area contributed by atoms with Crippen LogP contribution >= 0.6 is 0 Å². The highest BCUT2D eigenvalue weighted by atomic mass is 15.0. The smallest absolute Gasteiger partial charge is 0.0787 e.